The number of likely N-dealkylation sites (N-methyl/N-ethyl adjacent to an activating group) is 1. The van der Waals surface area contributed by atoms with Crippen LogP contribution in [0.5, 0.6) is 0 Å². The molecule has 1 fully saturated rings. The topological polar surface area (TPSA) is 58.4 Å². The fourth-order valence-electron chi connectivity index (χ4n) is 2.45. The van der Waals surface area contributed by atoms with Gasteiger partial charge >= 0.3 is 0 Å². The summed E-state index contributed by atoms with van der Waals surface area (Å²) in [5.74, 6) is -0.290. The van der Waals surface area contributed by atoms with Crippen molar-refractivity contribution in [2.75, 3.05) is 18.9 Å². The van der Waals surface area contributed by atoms with Gasteiger partial charge in [0.2, 0.25) is 5.91 Å². The lowest BCUT2D eigenvalue weighted by molar-refractivity contribution is -0.117. The molecule has 0 spiro atoms. The molecule has 1 aliphatic rings. The molecule has 1 saturated heterocycles. The first-order valence-electron chi connectivity index (χ1n) is 6.38. The van der Waals surface area contributed by atoms with Crippen molar-refractivity contribution >= 4 is 11.6 Å². The average molecular weight is 247 g/mol. The second kappa shape index (κ2) is 5.40. The summed E-state index contributed by atoms with van der Waals surface area (Å²) in [4.78, 5) is 13.2. The molecule has 1 aromatic carbocycles. The largest absolute Gasteiger partial charge is 0.381 e. The SMILES string of the molecule is CC1CC(Nc2ccc(CC(N)=O)cc2)CN1C. The maximum atomic E-state index is 10.8. The van der Waals surface area contributed by atoms with E-state index in [1.165, 1.54) is 6.42 Å². The Kier molecular flexibility index (Phi) is 3.87. The molecule has 2 rings (SSSR count). The second-order valence-corrected chi connectivity index (χ2v) is 5.21. The molecule has 0 radical (unpaired) electrons. The maximum absolute atomic E-state index is 10.8. The molecule has 2 unspecified atom stereocenters. The minimum atomic E-state index is -0.290. The number of anilines is 1. The first-order valence-corrected chi connectivity index (χ1v) is 6.38. The van der Waals surface area contributed by atoms with Crippen LogP contribution in [-0.2, 0) is 11.2 Å². The zero-order chi connectivity index (χ0) is 13.1. The molecule has 0 aromatic heterocycles. The van der Waals surface area contributed by atoms with E-state index in [9.17, 15) is 4.79 Å². The zero-order valence-corrected chi connectivity index (χ0v) is 11.0. The van der Waals surface area contributed by atoms with E-state index in [1.54, 1.807) is 0 Å². The van der Waals surface area contributed by atoms with Gasteiger partial charge in [0, 0.05) is 24.3 Å². The van der Waals surface area contributed by atoms with Crippen LogP contribution in [0.4, 0.5) is 5.69 Å². The Morgan fingerprint density at radius 1 is 1.44 bits per heavy atom. The van der Waals surface area contributed by atoms with Gasteiger partial charge < -0.3 is 16.0 Å². The maximum Gasteiger partial charge on any atom is 0.221 e. The van der Waals surface area contributed by atoms with E-state index >= 15 is 0 Å². The summed E-state index contributed by atoms with van der Waals surface area (Å²) in [6.07, 6.45) is 1.48. The monoisotopic (exact) mass is 247 g/mol. The molecule has 98 valence electrons. The number of likely N-dealkylation sites (tertiary alicyclic amines) is 1. The van der Waals surface area contributed by atoms with Crippen molar-refractivity contribution in [3.05, 3.63) is 29.8 Å². The number of nitrogens with two attached hydrogens (primary N) is 1. The molecule has 1 aliphatic heterocycles. The number of amides is 1. The van der Waals surface area contributed by atoms with E-state index in [2.05, 4.69) is 24.2 Å². The van der Waals surface area contributed by atoms with Crippen LogP contribution in [0, 0.1) is 0 Å². The fourth-order valence-corrected chi connectivity index (χ4v) is 2.45. The number of carbonyl (C=O) groups excluding carboxylic acids is 1. The lowest BCUT2D eigenvalue weighted by Crippen LogP contribution is -2.24. The van der Waals surface area contributed by atoms with Gasteiger partial charge in [-0.2, -0.15) is 0 Å². The van der Waals surface area contributed by atoms with E-state index in [1.807, 2.05) is 24.3 Å². The van der Waals surface area contributed by atoms with Gasteiger partial charge in [-0.1, -0.05) is 12.1 Å². The van der Waals surface area contributed by atoms with Gasteiger partial charge in [-0.25, -0.2) is 0 Å². The molecule has 18 heavy (non-hydrogen) atoms. The average Bonchev–Trinajstić information content (AvgIpc) is 2.60. The van der Waals surface area contributed by atoms with Crippen molar-refractivity contribution in [2.45, 2.75) is 31.8 Å². The molecule has 2 atom stereocenters. The summed E-state index contributed by atoms with van der Waals surface area (Å²) >= 11 is 0. The van der Waals surface area contributed by atoms with Crippen molar-refractivity contribution in [1.29, 1.82) is 0 Å². The van der Waals surface area contributed by atoms with Crippen LogP contribution in [0.1, 0.15) is 18.9 Å². The van der Waals surface area contributed by atoms with E-state index in [4.69, 9.17) is 5.73 Å². The highest BCUT2D eigenvalue weighted by Gasteiger charge is 2.25. The highest BCUT2D eigenvalue weighted by Crippen LogP contribution is 2.19. The fraction of sp³-hybridized carbons (Fsp3) is 0.500. The third-order valence-corrected chi connectivity index (χ3v) is 3.59. The highest BCUT2D eigenvalue weighted by atomic mass is 16.1. The Labute approximate surface area is 108 Å². The molecular formula is C14H21N3O. The number of nitrogens with zero attached hydrogens (tertiary/aromatic N) is 1. The van der Waals surface area contributed by atoms with Crippen molar-refractivity contribution in [1.82, 2.24) is 4.90 Å². The summed E-state index contributed by atoms with van der Waals surface area (Å²) < 4.78 is 0. The Balaban J connectivity index is 1.92. The molecule has 1 aromatic rings. The third kappa shape index (κ3) is 3.23. The molecule has 4 nitrogen and oxygen atoms in total. The first-order chi connectivity index (χ1) is 8.54. The minimum absolute atomic E-state index is 0.290. The minimum Gasteiger partial charge on any atom is -0.381 e. The van der Waals surface area contributed by atoms with Crippen molar-refractivity contribution < 1.29 is 4.79 Å². The number of carbonyl (C=O) groups is 1. The van der Waals surface area contributed by atoms with Gasteiger partial charge in [-0.15, -0.1) is 0 Å². The molecule has 0 bridgehead atoms. The van der Waals surface area contributed by atoms with Crippen LogP contribution < -0.4 is 11.1 Å². The van der Waals surface area contributed by atoms with E-state index in [0.717, 1.165) is 17.8 Å². The van der Waals surface area contributed by atoms with Crippen molar-refractivity contribution in [3.63, 3.8) is 0 Å². The van der Waals surface area contributed by atoms with Crippen LogP contribution in [0.3, 0.4) is 0 Å². The highest BCUT2D eigenvalue weighted by molar-refractivity contribution is 5.76. The van der Waals surface area contributed by atoms with Crippen LogP contribution in [0.25, 0.3) is 0 Å². The van der Waals surface area contributed by atoms with E-state index in [0.29, 0.717) is 18.5 Å². The molecule has 0 aliphatic carbocycles. The summed E-state index contributed by atoms with van der Waals surface area (Å²) in [6, 6.07) is 9.08. The molecular weight excluding hydrogens is 226 g/mol. The number of hydrogen-bond donors (Lipinski definition) is 2. The first kappa shape index (κ1) is 12.9. The van der Waals surface area contributed by atoms with Gasteiger partial charge in [-0.05, 0) is 38.1 Å². The smallest absolute Gasteiger partial charge is 0.221 e. The quantitative estimate of drug-likeness (QED) is 0.841. The summed E-state index contributed by atoms with van der Waals surface area (Å²) in [5.41, 5.74) is 7.24. The number of benzene rings is 1. The van der Waals surface area contributed by atoms with Crippen LogP contribution in [0.15, 0.2) is 24.3 Å². The van der Waals surface area contributed by atoms with Gasteiger partial charge in [0.15, 0.2) is 0 Å². The van der Waals surface area contributed by atoms with Gasteiger partial charge in [-0.3, -0.25) is 4.79 Å². The number of hydrogen-bond acceptors (Lipinski definition) is 3. The summed E-state index contributed by atoms with van der Waals surface area (Å²) in [7, 11) is 2.16. The molecule has 1 amide bonds. The lowest BCUT2D eigenvalue weighted by atomic mass is 10.1. The van der Waals surface area contributed by atoms with E-state index in [-0.39, 0.29) is 5.91 Å². The van der Waals surface area contributed by atoms with E-state index < -0.39 is 0 Å². The summed E-state index contributed by atoms with van der Waals surface area (Å²) in [6.45, 7) is 3.32. The number of rotatable bonds is 4. The van der Waals surface area contributed by atoms with Crippen LogP contribution in [-0.4, -0.2) is 36.5 Å². The standard InChI is InChI=1S/C14H21N3O/c1-10-7-13(9-17(10)2)16-12-5-3-11(4-6-12)8-14(15)18/h3-6,10,13,16H,7-9H2,1-2H3,(H2,15,18). The van der Waals surface area contributed by atoms with Gasteiger partial charge in [0.05, 0.1) is 6.42 Å². The van der Waals surface area contributed by atoms with Crippen molar-refractivity contribution in [3.8, 4) is 0 Å². The van der Waals surface area contributed by atoms with Gasteiger partial charge in [0.1, 0.15) is 0 Å². The summed E-state index contributed by atoms with van der Waals surface area (Å²) in [5, 5.41) is 3.52. The molecule has 1 heterocycles. The Hall–Kier alpha value is -1.55. The van der Waals surface area contributed by atoms with Crippen LogP contribution in [0.2, 0.25) is 0 Å². The van der Waals surface area contributed by atoms with Crippen LogP contribution >= 0.6 is 0 Å². The lowest BCUT2D eigenvalue weighted by Gasteiger charge is -2.14. The third-order valence-electron chi connectivity index (χ3n) is 3.59. The Morgan fingerprint density at radius 3 is 2.61 bits per heavy atom. The Bertz CT molecular complexity index is 406. The molecule has 0 saturated carbocycles. The van der Waals surface area contributed by atoms with Crippen molar-refractivity contribution in [2.24, 2.45) is 5.73 Å². The predicted molar refractivity (Wildman–Crippen MR) is 73.5 cm³/mol. The normalized spacial score (nSPS) is 24.1. The number of nitrogens with one attached hydrogen (secondary N) is 1. The Morgan fingerprint density at radius 2 is 2.11 bits per heavy atom. The molecule has 4 heteroatoms. The number of primary amides is 1. The van der Waals surface area contributed by atoms with Gasteiger partial charge in [0.25, 0.3) is 0 Å². The second-order valence-electron chi connectivity index (χ2n) is 5.21. The predicted octanol–water partition coefficient (Wildman–Crippen LogP) is 1.22. The zero-order valence-electron chi connectivity index (χ0n) is 11.0. The molecule has 3 N–H and O–H groups in total.